The van der Waals surface area contributed by atoms with E-state index in [4.69, 9.17) is 9.47 Å². The Bertz CT molecular complexity index is 791. The van der Waals surface area contributed by atoms with Crippen LogP contribution in [0.25, 0.3) is 0 Å². The predicted molar refractivity (Wildman–Crippen MR) is 110 cm³/mol. The molecule has 4 atom stereocenters. The lowest BCUT2D eigenvalue weighted by Crippen LogP contribution is -2.54. The Morgan fingerprint density at radius 3 is 2.10 bits per heavy atom. The molecule has 0 aliphatic heterocycles. The molecule has 6 aliphatic carbocycles. The first-order chi connectivity index (χ1) is 14.5. The first kappa shape index (κ1) is 22.1. The van der Waals surface area contributed by atoms with Gasteiger partial charge in [0, 0.05) is 11.7 Å². The summed E-state index contributed by atoms with van der Waals surface area (Å²) < 4.78 is 62.0. The molecule has 6 aliphatic rings. The van der Waals surface area contributed by atoms with Gasteiger partial charge in [0.25, 0.3) is 0 Å². The zero-order valence-corrected chi connectivity index (χ0v) is 19.0. The molecule has 0 aromatic heterocycles. The molecule has 0 spiro atoms. The molecule has 6 fully saturated rings. The molecule has 0 radical (unpaired) electrons. The van der Waals surface area contributed by atoms with E-state index in [0.29, 0.717) is 35.8 Å². The lowest BCUT2D eigenvalue weighted by Gasteiger charge is -2.58. The first-order valence-electron chi connectivity index (χ1n) is 11.9. The van der Waals surface area contributed by atoms with Gasteiger partial charge in [0.15, 0.2) is 0 Å². The Morgan fingerprint density at radius 1 is 1.00 bits per heavy atom. The van der Waals surface area contributed by atoms with Gasteiger partial charge in [0.2, 0.25) is 9.84 Å². The van der Waals surface area contributed by atoms with E-state index in [1.54, 1.807) is 0 Å². The smallest absolute Gasteiger partial charge is 0.367 e. The highest BCUT2D eigenvalue weighted by atomic mass is 32.2. The van der Waals surface area contributed by atoms with Gasteiger partial charge in [0.1, 0.15) is 12.7 Å². The van der Waals surface area contributed by atoms with Gasteiger partial charge in [0.05, 0.1) is 12.5 Å². The van der Waals surface area contributed by atoms with Crippen LogP contribution in [0.1, 0.15) is 64.2 Å². The number of fused-ring (bicyclic) bond motifs is 2. The fourth-order valence-corrected chi connectivity index (χ4v) is 8.36. The van der Waals surface area contributed by atoms with E-state index in [9.17, 15) is 22.0 Å². The minimum absolute atomic E-state index is 0.0763. The highest BCUT2D eigenvalue weighted by Gasteiger charge is 2.56. The van der Waals surface area contributed by atoms with Crippen molar-refractivity contribution in [1.82, 2.24) is 0 Å². The van der Waals surface area contributed by atoms with Crippen molar-refractivity contribution in [2.45, 2.75) is 75.6 Å². The van der Waals surface area contributed by atoms with Crippen LogP contribution >= 0.6 is 0 Å². The van der Waals surface area contributed by atoms with Crippen LogP contribution in [-0.2, 0) is 24.1 Å². The van der Waals surface area contributed by atoms with Crippen LogP contribution in [0, 0.1) is 40.9 Å². The summed E-state index contributed by atoms with van der Waals surface area (Å²) in [6.45, 7) is -1.34. The van der Waals surface area contributed by atoms with E-state index in [-0.39, 0.29) is 23.9 Å². The highest BCUT2D eigenvalue weighted by Crippen LogP contribution is 2.62. The van der Waals surface area contributed by atoms with Crippen LogP contribution in [-0.4, -0.2) is 45.2 Å². The summed E-state index contributed by atoms with van der Waals surface area (Å²) in [4.78, 5) is 13.1. The molecule has 0 amide bonds. The number of hydrogen-bond acceptors (Lipinski definition) is 5. The molecule has 176 valence electrons. The number of esters is 1. The zero-order valence-electron chi connectivity index (χ0n) is 18.2. The number of hydrogen-bond donors (Lipinski definition) is 0. The lowest BCUT2D eigenvalue weighted by atomic mass is 9.48. The quantitative estimate of drug-likeness (QED) is 0.508. The first-order valence-corrected chi connectivity index (χ1v) is 13.8. The number of rotatable bonds is 8. The van der Waals surface area contributed by atoms with Crippen molar-refractivity contribution >= 4 is 15.8 Å². The Kier molecular flexibility index (Phi) is 5.44. The summed E-state index contributed by atoms with van der Waals surface area (Å²) in [5.41, 5.74) is -0.206. The second kappa shape index (κ2) is 7.64. The average Bonchev–Trinajstić information content (AvgIpc) is 3.28. The number of ether oxygens (including phenoxy) is 2. The summed E-state index contributed by atoms with van der Waals surface area (Å²) in [7, 11) is -4.55. The summed E-state index contributed by atoms with van der Waals surface area (Å²) in [6.07, 6.45) is 10.7. The van der Waals surface area contributed by atoms with Gasteiger partial charge in [-0.1, -0.05) is 6.42 Å². The largest absolute Gasteiger partial charge is 0.459 e. The summed E-state index contributed by atoms with van der Waals surface area (Å²) in [5.74, 6) is 2.60. The second-order valence-corrected chi connectivity index (χ2v) is 13.6. The molecule has 6 rings (SSSR count). The Balaban J connectivity index is 1.31. The van der Waals surface area contributed by atoms with Crippen LogP contribution in [0.3, 0.4) is 0 Å². The minimum atomic E-state index is -4.55. The molecule has 0 heterocycles. The van der Waals surface area contributed by atoms with Crippen molar-refractivity contribution in [2.75, 3.05) is 19.5 Å². The summed E-state index contributed by atoms with van der Waals surface area (Å²) in [5, 5.41) is -3.94. The van der Waals surface area contributed by atoms with Gasteiger partial charge in [-0.15, -0.1) is 0 Å². The van der Waals surface area contributed by atoms with Crippen LogP contribution in [0.15, 0.2) is 0 Å². The third-order valence-electron chi connectivity index (χ3n) is 9.15. The van der Waals surface area contributed by atoms with Crippen molar-refractivity contribution in [3.8, 4) is 0 Å². The van der Waals surface area contributed by atoms with Gasteiger partial charge in [-0.2, -0.15) is 8.78 Å². The molecule has 0 saturated heterocycles. The van der Waals surface area contributed by atoms with Gasteiger partial charge in [-0.3, -0.25) is 4.79 Å². The number of alkyl halides is 2. The molecule has 6 saturated carbocycles. The SMILES string of the molecule is CS(=O)(=O)C(F)(F)COCC(OC(=O)C1CC2CCC1C2)C12CC3CC(CC(C3)C1)C2. The van der Waals surface area contributed by atoms with Crippen LogP contribution in [0.2, 0.25) is 0 Å². The lowest BCUT2D eigenvalue weighted by molar-refractivity contribution is -0.190. The van der Waals surface area contributed by atoms with Crippen molar-refractivity contribution in [1.29, 1.82) is 0 Å². The molecular formula is C23H34F2O5S. The monoisotopic (exact) mass is 460 g/mol. The summed E-state index contributed by atoms with van der Waals surface area (Å²) in [6, 6.07) is 0. The van der Waals surface area contributed by atoms with E-state index in [2.05, 4.69) is 0 Å². The maximum atomic E-state index is 13.9. The highest BCUT2D eigenvalue weighted by molar-refractivity contribution is 7.91. The standard InChI is InChI=1S/C23H34F2O5S/c1-31(27,28)23(24,25)13-29-12-20(30-21(26)19-8-14-2-3-18(19)7-14)22-9-15-4-16(10-22)6-17(5-15)11-22/h14-20H,2-13H2,1H3. The van der Waals surface area contributed by atoms with E-state index < -0.39 is 27.8 Å². The van der Waals surface area contributed by atoms with Crippen molar-refractivity contribution < 1.29 is 31.5 Å². The Hall–Kier alpha value is -0.760. The molecule has 31 heavy (non-hydrogen) atoms. The molecule has 0 aromatic rings. The van der Waals surface area contributed by atoms with E-state index in [0.717, 1.165) is 38.5 Å². The summed E-state index contributed by atoms with van der Waals surface area (Å²) >= 11 is 0. The number of carbonyl (C=O) groups is 1. The topological polar surface area (TPSA) is 69.7 Å². The fraction of sp³-hybridized carbons (Fsp3) is 0.957. The molecule has 6 bridgehead atoms. The Morgan fingerprint density at radius 2 is 1.61 bits per heavy atom. The van der Waals surface area contributed by atoms with Gasteiger partial charge in [-0.25, -0.2) is 8.42 Å². The zero-order chi connectivity index (χ0) is 22.0. The van der Waals surface area contributed by atoms with Crippen LogP contribution in [0.5, 0.6) is 0 Å². The fourth-order valence-electron chi connectivity index (χ4n) is 8.06. The maximum Gasteiger partial charge on any atom is 0.367 e. The van der Waals surface area contributed by atoms with Crippen molar-refractivity contribution in [3.63, 3.8) is 0 Å². The number of carbonyl (C=O) groups excluding carboxylic acids is 1. The average molecular weight is 461 g/mol. The molecule has 8 heteroatoms. The van der Waals surface area contributed by atoms with Crippen LogP contribution < -0.4 is 0 Å². The van der Waals surface area contributed by atoms with Gasteiger partial charge in [-0.05, 0) is 87.4 Å². The normalized spacial score (nSPS) is 42.2. The molecule has 0 N–H and O–H groups in total. The van der Waals surface area contributed by atoms with Crippen molar-refractivity contribution in [2.24, 2.45) is 40.9 Å². The molecule has 0 aromatic carbocycles. The minimum Gasteiger partial charge on any atom is -0.459 e. The third kappa shape index (κ3) is 4.04. The number of sulfone groups is 1. The molecular weight excluding hydrogens is 426 g/mol. The van der Waals surface area contributed by atoms with Gasteiger partial charge >= 0.3 is 11.2 Å². The van der Waals surface area contributed by atoms with Crippen LogP contribution in [0.4, 0.5) is 8.78 Å². The third-order valence-corrected chi connectivity index (χ3v) is 10.4. The predicted octanol–water partition coefficient (Wildman–Crippen LogP) is 4.20. The van der Waals surface area contributed by atoms with E-state index in [1.807, 2.05) is 0 Å². The Labute approximate surface area is 183 Å². The van der Waals surface area contributed by atoms with Gasteiger partial charge < -0.3 is 9.47 Å². The second-order valence-electron chi connectivity index (χ2n) is 11.4. The maximum absolute atomic E-state index is 13.9. The molecule has 5 nitrogen and oxygen atoms in total. The van der Waals surface area contributed by atoms with Crippen molar-refractivity contribution in [3.05, 3.63) is 0 Å². The van der Waals surface area contributed by atoms with E-state index in [1.165, 1.54) is 25.7 Å². The van der Waals surface area contributed by atoms with E-state index >= 15 is 0 Å². The number of halogens is 2. The molecule has 4 unspecified atom stereocenters.